The minimum Gasteiger partial charge on any atom is -0.331 e. The molecule has 6 heteroatoms. The Balaban J connectivity index is 2.07. The molecule has 0 fully saturated rings. The van der Waals surface area contributed by atoms with Crippen molar-refractivity contribution in [1.82, 2.24) is 9.99 Å². The van der Waals surface area contributed by atoms with Crippen LogP contribution in [-0.2, 0) is 0 Å². The molecule has 102 valence electrons. The minimum atomic E-state index is -0.462. The van der Waals surface area contributed by atoms with Crippen LogP contribution in [0.15, 0.2) is 48.7 Å². The zero-order valence-corrected chi connectivity index (χ0v) is 11.7. The van der Waals surface area contributed by atoms with E-state index in [-0.39, 0.29) is 10.8 Å². The van der Waals surface area contributed by atoms with Gasteiger partial charge in [-0.1, -0.05) is 18.2 Å². The number of nitrogens with one attached hydrogen (secondary N) is 1. The fraction of sp³-hybridized carbons (Fsp3) is 0.0714. The van der Waals surface area contributed by atoms with Gasteiger partial charge in [0.25, 0.3) is 5.91 Å². The van der Waals surface area contributed by atoms with Crippen molar-refractivity contribution in [2.45, 2.75) is 6.92 Å². The van der Waals surface area contributed by atoms with E-state index in [1.54, 1.807) is 18.2 Å². The van der Waals surface area contributed by atoms with Gasteiger partial charge in [0.05, 0.1) is 0 Å². The first-order chi connectivity index (χ1) is 9.58. The molecule has 2 aromatic rings. The minimum absolute atomic E-state index is 0.117. The maximum absolute atomic E-state index is 12.1. The lowest BCUT2D eigenvalue weighted by Gasteiger charge is -2.18. The Labute approximate surface area is 122 Å². The number of amides is 1. The molecule has 0 atom stereocenters. The predicted octanol–water partition coefficient (Wildman–Crippen LogP) is 2.10. The van der Waals surface area contributed by atoms with Gasteiger partial charge in [0.1, 0.15) is 5.69 Å². The van der Waals surface area contributed by atoms with Crippen molar-refractivity contribution >= 4 is 28.9 Å². The normalized spacial score (nSPS) is 9.90. The van der Waals surface area contributed by atoms with Crippen LogP contribution in [0.4, 0.5) is 5.69 Å². The first kappa shape index (κ1) is 14.1. The zero-order valence-electron chi connectivity index (χ0n) is 10.9. The van der Waals surface area contributed by atoms with Gasteiger partial charge in [-0.15, -0.1) is 0 Å². The van der Waals surface area contributed by atoms with Gasteiger partial charge in [0, 0.05) is 11.9 Å². The molecule has 20 heavy (non-hydrogen) atoms. The van der Waals surface area contributed by atoms with Crippen molar-refractivity contribution in [1.29, 1.82) is 0 Å². The lowest BCUT2D eigenvalue weighted by Crippen LogP contribution is -2.45. The quantitative estimate of drug-likeness (QED) is 0.383. The van der Waals surface area contributed by atoms with E-state index in [0.717, 1.165) is 16.3 Å². The van der Waals surface area contributed by atoms with E-state index in [1.807, 2.05) is 31.2 Å². The molecular weight excluding hydrogens is 272 g/mol. The molecule has 0 unspecified atom stereocenters. The van der Waals surface area contributed by atoms with Crippen LogP contribution in [0.1, 0.15) is 16.1 Å². The summed E-state index contributed by atoms with van der Waals surface area (Å²) >= 11 is 5.12. The summed E-state index contributed by atoms with van der Waals surface area (Å²) in [6.45, 7) is 1.97. The number of anilines is 1. The summed E-state index contributed by atoms with van der Waals surface area (Å²) in [5, 5.41) is 3.91. The maximum atomic E-state index is 12.1. The molecule has 1 amide bonds. The van der Waals surface area contributed by atoms with Crippen molar-refractivity contribution in [3.8, 4) is 0 Å². The molecule has 1 aromatic carbocycles. The van der Waals surface area contributed by atoms with Crippen LogP contribution in [0.3, 0.4) is 0 Å². The molecule has 0 radical (unpaired) electrons. The third-order valence-electron chi connectivity index (χ3n) is 2.59. The van der Waals surface area contributed by atoms with Crippen LogP contribution in [0.5, 0.6) is 0 Å². The number of carbonyl (C=O) groups excluding carboxylic acids is 1. The summed E-state index contributed by atoms with van der Waals surface area (Å²) in [6.07, 6.45) is 1.53. The second-order valence-electron chi connectivity index (χ2n) is 4.19. The zero-order chi connectivity index (χ0) is 14.5. The lowest BCUT2D eigenvalue weighted by molar-refractivity contribution is 0.0844. The summed E-state index contributed by atoms with van der Waals surface area (Å²) < 4.78 is 0. The number of carbonyl (C=O) groups is 1. The van der Waals surface area contributed by atoms with Crippen LogP contribution < -0.4 is 11.2 Å². The standard InChI is InChI=1S/C14H14N4OS/c1-10-5-4-6-11(9-10)17-14(20)18(15)13(19)12-7-2-3-8-16-12/h2-9H,15H2,1H3,(H,17,20). The van der Waals surface area contributed by atoms with Gasteiger partial charge in [-0.05, 0) is 49.0 Å². The number of aryl methyl sites for hydroxylation is 1. The van der Waals surface area contributed by atoms with E-state index in [0.29, 0.717) is 0 Å². The van der Waals surface area contributed by atoms with Gasteiger partial charge in [-0.3, -0.25) is 9.78 Å². The van der Waals surface area contributed by atoms with Gasteiger partial charge in [0.2, 0.25) is 0 Å². The van der Waals surface area contributed by atoms with E-state index < -0.39 is 5.91 Å². The topological polar surface area (TPSA) is 71.2 Å². The van der Waals surface area contributed by atoms with Crippen molar-refractivity contribution < 1.29 is 4.79 Å². The molecule has 5 nitrogen and oxygen atoms in total. The summed E-state index contributed by atoms with van der Waals surface area (Å²) in [5.74, 6) is 5.26. The van der Waals surface area contributed by atoms with Crippen LogP contribution >= 0.6 is 12.2 Å². The lowest BCUT2D eigenvalue weighted by atomic mass is 10.2. The van der Waals surface area contributed by atoms with Gasteiger partial charge in [0.15, 0.2) is 5.11 Å². The van der Waals surface area contributed by atoms with E-state index in [1.165, 1.54) is 6.20 Å². The van der Waals surface area contributed by atoms with Crippen LogP contribution in [0.25, 0.3) is 0 Å². The molecule has 0 bridgehead atoms. The second-order valence-corrected chi connectivity index (χ2v) is 4.58. The Bertz CT molecular complexity index is 630. The second kappa shape index (κ2) is 6.23. The van der Waals surface area contributed by atoms with Crippen LogP contribution in [0, 0.1) is 6.92 Å². The number of benzene rings is 1. The number of aromatic nitrogens is 1. The Morgan fingerprint density at radius 1 is 1.30 bits per heavy atom. The van der Waals surface area contributed by atoms with Gasteiger partial charge < -0.3 is 5.32 Å². The van der Waals surface area contributed by atoms with Gasteiger partial charge in [-0.25, -0.2) is 10.9 Å². The molecule has 0 aliphatic rings. The molecule has 0 saturated carbocycles. The third kappa shape index (κ3) is 3.37. The number of pyridine rings is 1. The van der Waals surface area contributed by atoms with Crippen molar-refractivity contribution in [2.75, 3.05) is 5.32 Å². The van der Waals surface area contributed by atoms with Gasteiger partial charge in [-0.2, -0.15) is 0 Å². The fourth-order valence-electron chi connectivity index (χ4n) is 1.61. The Morgan fingerprint density at radius 3 is 2.75 bits per heavy atom. The summed E-state index contributed by atoms with van der Waals surface area (Å²) in [7, 11) is 0. The molecule has 0 saturated heterocycles. The fourth-order valence-corrected chi connectivity index (χ4v) is 1.81. The molecule has 2 rings (SSSR count). The van der Waals surface area contributed by atoms with Crippen molar-refractivity contribution in [3.05, 3.63) is 59.9 Å². The predicted molar refractivity (Wildman–Crippen MR) is 82.0 cm³/mol. The molecule has 1 heterocycles. The smallest absolute Gasteiger partial charge is 0.292 e. The number of rotatable bonds is 2. The van der Waals surface area contributed by atoms with E-state index in [2.05, 4.69) is 10.3 Å². The molecular formula is C14H14N4OS. The highest BCUT2D eigenvalue weighted by atomic mass is 32.1. The maximum Gasteiger partial charge on any atom is 0.292 e. The SMILES string of the molecule is Cc1cccc(NC(=S)N(N)C(=O)c2ccccn2)c1. The molecule has 1 aromatic heterocycles. The molecule has 3 N–H and O–H groups in total. The Kier molecular flexibility index (Phi) is 4.39. The van der Waals surface area contributed by atoms with E-state index >= 15 is 0 Å². The summed E-state index contributed by atoms with van der Waals surface area (Å²) in [5.41, 5.74) is 2.10. The van der Waals surface area contributed by atoms with E-state index in [9.17, 15) is 4.79 Å². The third-order valence-corrected chi connectivity index (χ3v) is 2.89. The van der Waals surface area contributed by atoms with Gasteiger partial charge >= 0.3 is 0 Å². The Hall–Kier alpha value is -2.31. The van der Waals surface area contributed by atoms with Crippen molar-refractivity contribution in [2.24, 2.45) is 5.84 Å². The first-order valence-electron chi connectivity index (χ1n) is 5.96. The number of nitrogens with two attached hydrogens (primary N) is 1. The number of hydrogen-bond donors (Lipinski definition) is 2. The molecule has 0 aliphatic heterocycles. The average Bonchev–Trinajstić information content (AvgIpc) is 2.46. The highest BCUT2D eigenvalue weighted by molar-refractivity contribution is 7.80. The molecule has 0 spiro atoms. The highest BCUT2D eigenvalue weighted by Crippen LogP contribution is 2.10. The summed E-state index contributed by atoms with van der Waals surface area (Å²) in [4.78, 5) is 16.0. The van der Waals surface area contributed by atoms with E-state index in [4.69, 9.17) is 18.1 Å². The van der Waals surface area contributed by atoms with Crippen LogP contribution in [-0.4, -0.2) is 21.0 Å². The number of thiocarbonyl (C=S) groups is 1. The number of hydrogen-bond acceptors (Lipinski definition) is 4. The average molecular weight is 286 g/mol. The Morgan fingerprint density at radius 2 is 2.10 bits per heavy atom. The molecule has 0 aliphatic carbocycles. The highest BCUT2D eigenvalue weighted by Gasteiger charge is 2.17. The number of nitrogens with zero attached hydrogens (tertiary/aromatic N) is 2. The monoisotopic (exact) mass is 286 g/mol. The van der Waals surface area contributed by atoms with Crippen LogP contribution in [0.2, 0.25) is 0 Å². The summed E-state index contributed by atoms with van der Waals surface area (Å²) in [6, 6.07) is 12.6. The number of hydrazine groups is 1. The van der Waals surface area contributed by atoms with Crippen molar-refractivity contribution in [3.63, 3.8) is 0 Å². The largest absolute Gasteiger partial charge is 0.331 e. The first-order valence-corrected chi connectivity index (χ1v) is 6.36.